The van der Waals surface area contributed by atoms with Gasteiger partial charge in [-0.25, -0.2) is 9.97 Å². The van der Waals surface area contributed by atoms with Crippen LogP contribution < -0.4 is 16.0 Å². The second-order valence-corrected chi connectivity index (χ2v) is 8.72. The highest BCUT2D eigenvalue weighted by atomic mass is 35.5. The zero-order chi connectivity index (χ0) is 22.0. The predicted molar refractivity (Wildman–Crippen MR) is 116 cm³/mol. The van der Waals surface area contributed by atoms with Gasteiger partial charge >= 0.3 is 0 Å². The monoisotopic (exact) mass is 451 g/mol. The fourth-order valence-electron chi connectivity index (χ4n) is 4.69. The lowest BCUT2D eigenvalue weighted by atomic mass is 10.2. The van der Waals surface area contributed by atoms with Crippen LogP contribution in [-0.4, -0.2) is 42.3 Å². The van der Waals surface area contributed by atoms with Crippen molar-refractivity contribution in [3.63, 3.8) is 0 Å². The van der Waals surface area contributed by atoms with Crippen LogP contribution in [0.5, 0.6) is 0 Å². The Kier molecular flexibility index (Phi) is 4.19. The van der Waals surface area contributed by atoms with Crippen LogP contribution in [0.3, 0.4) is 0 Å². The van der Waals surface area contributed by atoms with Crippen molar-refractivity contribution in [3.8, 4) is 0 Å². The summed E-state index contributed by atoms with van der Waals surface area (Å²) in [5.41, 5.74) is 0.106. The number of halogens is 1. The number of nitrogens with zero attached hydrogens (tertiary/aromatic N) is 7. The van der Waals surface area contributed by atoms with Gasteiger partial charge in [-0.2, -0.15) is 4.98 Å². The van der Waals surface area contributed by atoms with Crippen LogP contribution in [0, 0.1) is 11.8 Å². The van der Waals surface area contributed by atoms with E-state index in [1.165, 1.54) is 21.5 Å². The number of rotatable bonds is 4. The maximum atomic E-state index is 12.9. The summed E-state index contributed by atoms with van der Waals surface area (Å²) in [6.07, 6.45) is 3.15. The number of aromatic nitrogens is 6. The zero-order valence-electron chi connectivity index (χ0n) is 17.1. The third kappa shape index (κ3) is 3.01. The van der Waals surface area contributed by atoms with Crippen molar-refractivity contribution in [3.05, 3.63) is 74.2 Å². The van der Waals surface area contributed by atoms with E-state index in [2.05, 4.69) is 25.0 Å². The summed E-state index contributed by atoms with van der Waals surface area (Å²) in [4.78, 5) is 40.2. The molecule has 0 N–H and O–H groups in total. The van der Waals surface area contributed by atoms with E-state index in [-0.39, 0.29) is 29.1 Å². The Balaban J connectivity index is 1.19. The van der Waals surface area contributed by atoms with Crippen LogP contribution in [0.2, 0.25) is 5.02 Å². The van der Waals surface area contributed by atoms with E-state index in [1.807, 2.05) is 6.07 Å². The van der Waals surface area contributed by atoms with Crippen molar-refractivity contribution in [2.24, 2.45) is 18.9 Å². The molecular weight excluding hydrogens is 434 g/mol. The Labute approximate surface area is 186 Å². The van der Waals surface area contributed by atoms with Crippen molar-refractivity contribution in [1.82, 2.24) is 29.2 Å². The van der Waals surface area contributed by atoms with E-state index in [0.717, 1.165) is 18.9 Å². The minimum Gasteiger partial charge on any atom is -0.356 e. The lowest BCUT2D eigenvalue weighted by Crippen LogP contribution is -2.28. The van der Waals surface area contributed by atoms with Crippen LogP contribution in [0.1, 0.15) is 17.6 Å². The normalized spacial score (nSPS) is 21.8. The molecule has 2 aliphatic rings. The molecule has 3 atom stereocenters. The minimum absolute atomic E-state index is 0.0957. The first-order chi connectivity index (χ1) is 15.5. The van der Waals surface area contributed by atoms with Crippen LogP contribution in [-0.2, 0) is 13.6 Å². The molecule has 0 amide bonds. The molecule has 0 spiro atoms. The molecular formula is C21H18ClN7O3. The van der Waals surface area contributed by atoms with E-state index in [0.29, 0.717) is 34.1 Å². The number of fused-ring (bicyclic) bond motifs is 2. The van der Waals surface area contributed by atoms with Crippen molar-refractivity contribution in [2.45, 2.75) is 12.5 Å². The van der Waals surface area contributed by atoms with Crippen LogP contribution in [0.4, 0.5) is 5.82 Å². The predicted octanol–water partition coefficient (Wildman–Crippen LogP) is 1.42. The number of anilines is 1. The van der Waals surface area contributed by atoms with Gasteiger partial charge in [-0.15, -0.1) is 0 Å². The van der Waals surface area contributed by atoms with Gasteiger partial charge in [0.25, 0.3) is 11.1 Å². The molecule has 6 rings (SSSR count). The number of pyridine rings is 2. The van der Waals surface area contributed by atoms with E-state index in [1.54, 1.807) is 25.4 Å². The quantitative estimate of drug-likeness (QED) is 0.458. The van der Waals surface area contributed by atoms with Gasteiger partial charge in [0.2, 0.25) is 5.89 Å². The molecule has 0 aromatic carbocycles. The molecule has 1 saturated heterocycles. The minimum atomic E-state index is -0.331. The standard InChI is InChI=1S/C21H18ClN7O3/c1-27-17(30)3-2-14-19(27)21(31)29(10-24-14)9-16-25-20(26-32-16)18-12-7-28(8-13(12)18)15-6-11(22)4-5-23-15/h2-6,10,12-13,18H,7-9H2,1H3/t12-,13+,18+. The third-order valence-corrected chi connectivity index (χ3v) is 6.64. The average Bonchev–Trinajstić information content (AvgIpc) is 3.12. The fourth-order valence-corrected chi connectivity index (χ4v) is 4.84. The molecule has 10 nitrogen and oxygen atoms in total. The molecule has 2 fully saturated rings. The highest BCUT2D eigenvalue weighted by Crippen LogP contribution is 2.57. The SMILES string of the molecule is Cn1c(=O)ccc2ncn(Cc3nc([C@H]4[C@@H]5CN(c6cc(Cl)ccn6)C[C@@H]54)no3)c(=O)c21. The lowest BCUT2D eigenvalue weighted by molar-refractivity contribution is 0.363. The highest BCUT2D eigenvalue weighted by Gasteiger charge is 2.58. The van der Waals surface area contributed by atoms with E-state index in [4.69, 9.17) is 16.1 Å². The van der Waals surface area contributed by atoms with Gasteiger partial charge in [-0.1, -0.05) is 16.8 Å². The van der Waals surface area contributed by atoms with Gasteiger partial charge in [0.05, 0.1) is 11.8 Å². The fraction of sp³-hybridized carbons (Fsp3) is 0.333. The molecule has 0 bridgehead atoms. The van der Waals surface area contributed by atoms with Crippen molar-refractivity contribution >= 4 is 28.5 Å². The molecule has 0 radical (unpaired) electrons. The van der Waals surface area contributed by atoms with E-state index < -0.39 is 0 Å². The number of aryl methyl sites for hydroxylation is 1. The Morgan fingerprint density at radius 1 is 1.16 bits per heavy atom. The number of piperidine rings is 1. The molecule has 0 unspecified atom stereocenters. The summed E-state index contributed by atoms with van der Waals surface area (Å²) in [7, 11) is 1.55. The van der Waals surface area contributed by atoms with Crippen LogP contribution in [0.15, 0.2) is 50.9 Å². The Bertz CT molecular complexity index is 1460. The smallest absolute Gasteiger partial charge is 0.278 e. The topological polar surface area (TPSA) is 112 Å². The average molecular weight is 452 g/mol. The molecule has 5 heterocycles. The molecule has 32 heavy (non-hydrogen) atoms. The highest BCUT2D eigenvalue weighted by molar-refractivity contribution is 6.30. The molecule has 11 heteroatoms. The molecule has 4 aromatic rings. The van der Waals surface area contributed by atoms with Crippen LogP contribution >= 0.6 is 11.6 Å². The van der Waals surface area contributed by atoms with Gasteiger partial charge in [0.1, 0.15) is 17.9 Å². The van der Waals surface area contributed by atoms with Gasteiger partial charge in [0.15, 0.2) is 5.82 Å². The first-order valence-electron chi connectivity index (χ1n) is 10.2. The molecule has 1 aliphatic carbocycles. The summed E-state index contributed by atoms with van der Waals surface area (Å²) in [6.45, 7) is 1.84. The summed E-state index contributed by atoms with van der Waals surface area (Å²) < 4.78 is 8.10. The Morgan fingerprint density at radius 3 is 2.75 bits per heavy atom. The summed E-state index contributed by atoms with van der Waals surface area (Å²) in [5.74, 6) is 3.03. The van der Waals surface area contributed by atoms with Gasteiger partial charge in [-0.05, 0) is 30.0 Å². The molecule has 1 saturated carbocycles. The second-order valence-electron chi connectivity index (χ2n) is 8.28. The van der Waals surface area contributed by atoms with Crippen LogP contribution in [0.25, 0.3) is 11.0 Å². The van der Waals surface area contributed by atoms with Crippen molar-refractivity contribution < 1.29 is 4.52 Å². The molecule has 1 aliphatic heterocycles. The summed E-state index contributed by atoms with van der Waals surface area (Å²) in [5, 5.41) is 4.83. The maximum absolute atomic E-state index is 12.9. The molecule has 162 valence electrons. The van der Waals surface area contributed by atoms with Gasteiger partial charge in [-0.3, -0.25) is 14.2 Å². The first kappa shape index (κ1) is 19.2. The third-order valence-electron chi connectivity index (χ3n) is 6.41. The zero-order valence-corrected chi connectivity index (χ0v) is 17.8. The Hall–Kier alpha value is -3.53. The van der Waals surface area contributed by atoms with E-state index >= 15 is 0 Å². The summed E-state index contributed by atoms with van der Waals surface area (Å²) >= 11 is 6.08. The Morgan fingerprint density at radius 2 is 1.97 bits per heavy atom. The van der Waals surface area contributed by atoms with Crippen molar-refractivity contribution in [2.75, 3.05) is 18.0 Å². The molecule has 4 aromatic heterocycles. The van der Waals surface area contributed by atoms with Crippen molar-refractivity contribution in [1.29, 1.82) is 0 Å². The van der Waals surface area contributed by atoms with Gasteiger partial charge < -0.3 is 14.0 Å². The maximum Gasteiger partial charge on any atom is 0.278 e. The lowest BCUT2D eigenvalue weighted by Gasteiger charge is -2.20. The number of hydrogen-bond donors (Lipinski definition) is 0. The van der Waals surface area contributed by atoms with Gasteiger partial charge in [0, 0.05) is 43.3 Å². The second kappa shape index (κ2) is 6.99. The number of hydrogen-bond acceptors (Lipinski definition) is 8. The first-order valence-corrected chi connectivity index (χ1v) is 10.6. The largest absolute Gasteiger partial charge is 0.356 e. The summed E-state index contributed by atoms with van der Waals surface area (Å²) in [6, 6.07) is 6.57. The van der Waals surface area contributed by atoms with E-state index in [9.17, 15) is 9.59 Å².